The summed E-state index contributed by atoms with van der Waals surface area (Å²) in [6, 6.07) is 5.15. The van der Waals surface area contributed by atoms with Gasteiger partial charge in [0, 0.05) is 17.6 Å². The van der Waals surface area contributed by atoms with Crippen molar-refractivity contribution in [2.45, 2.75) is 25.7 Å². The van der Waals surface area contributed by atoms with E-state index in [1.807, 2.05) is 20.8 Å². The molecule has 0 saturated carbocycles. The molecule has 1 aromatic rings. The summed E-state index contributed by atoms with van der Waals surface area (Å²) < 4.78 is 32.6. The standard InChI is InChI=1S/C13H20BrNO3S/c1-10(2)9-18-7-6-15-19(16,17)13-5-4-11(3)8-12(13)14/h4-5,8,10,15H,6-7,9H2,1-3H3. The third-order valence-electron chi connectivity index (χ3n) is 2.37. The van der Waals surface area contributed by atoms with E-state index >= 15 is 0 Å². The van der Waals surface area contributed by atoms with E-state index < -0.39 is 10.0 Å². The number of nitrogens with one attached hydrogen (secondary N) is 1. The minimum atomic E-state index is -3.49. The first-order chi connectivity index (χ1) is 8.83. The average molecular weight is 350 g/mol. The van der Waals surface area contributed by atoms with Gasteiger partial charge in [-0.2, -0.15) is 0 Å². The highest BCUT2D eigenvalue weighted by atomic mass is 79.9. The van der Waals surface area contributed by atoms with E-state index in [0.717, 1.165) is 5.56 Å². The first kappa shape index (κ1) is 16.6. The van der Waals surface area contributed by atoms with Crippen LogP contribution in [0.3, 0.4) is 0 Å². The quantitative estimate of drug-likeness (QED) is 0.770. The second-order valence-corrected chi connectivity index (χ2v) is 7.39. The van der Waals surface area contributed by atoms with Gasteiger partial charge < -0.3 is 4.74 Å². The van der Waals surface area contributed by atoms with E-state index in [-0.39, 0.29) is 11.4 Å². The van der Waals surface area contributed by atoms with Gasteiger partial charge in [0.05, 0.1) is 11.5 Å². The number of ether oxygens (including phenoxy) is 1. The van der Waals surface area contributed by atoms with Crippen molar-refractivity contribution >= 4 is 26.0 Å². The molecule has 0 unspecified atom stereocenters. The van der Waals surface area contributed by atoms with Gasteiger partial charge in [-0.1, -0.05) is 19.9 Å². The largest absolute Gasteiger partial charge is 0.380 e. The molecule has 19 heavy (non-hydrogen) atoms. The number of aryl methyl sites for hydroxylation is 1. The van der Waals surface area contributed by atoms with Crippen LogP contribution in [-0.4, -0.2) is 28.2 Å². The Morgan fingerprint density at radius 1 is 1.37 bits per heavy atom. The third kappa shape index (κ3) is 5.60. The van der Waals surface area contributed by atoms with Gasteiger partial charge in [-0.3, -0.25) is 0 Å². The molecule has 0 aromatic heterocycles. The van der Waals surface area contributed by atoms with Crippen molar-refractivity contribution in [1.29, 1.82) is 0 Å². The first-order valence-electron chi connectivity index (χ1n) is 6.16. The van der Waals surface area contributed by atoms with Crippen LogP contribution in [0.25, 0.3) is 0 Å². The predicted molar refractivity (Wildman–Crippen MR) is 79.7 cm³/mol. The van der Waals surface area contributed by atoms with E-state index in [4.69, 9.17) is 4.74 Å². The Morgan fingerprint density at radius 3 is 2.63 bits per heavy atom. The molecule has 0 bridgehead atoms. The molecule has 6 heteroatoms. The Kier molecular flexibility index (Phi) is 6.46. The van der Waals surface area contributed by atoms with Crippen LogP contribution in [0, 0.1) is 12.8 Å². The Morgan fingerprint density at radius 2 is 2.05 bits per heavy atom. The van der Waals surface area contributed by atoms with Crippen molar-refractivity contribution < 1.29 is 13.2 Å². The molecule has 1 aromatic carbocycles. The Hall–Kier alpha value is -0.430. The maximum Gasteiger partial charge on any atom is 0.241 e. The van der Waals surface area contributed by atoms with E-state index in [1.54, 1.807) is 18.2 Å². The molecule has 4 nitrogen and oxygen atoms in total. The van der Waals surface area contributed by atoms with Gasteiger partial charge in [0.2, 0.25) is 10.0 Å². The van der Waals surface area contributed by atoms with Gasteiger partial charge in [0.1, 0.15) is 0 Å². The van der Waals surface area contributed by atoms with Crippen molar-refractivity contribution in [2.75, 3.05) is 19.8 Å². The summed E-state index contributed by atoms with van der Waals surface area (Å²) in [4.78, 5) is 0.252. The van der Waals surface area contributed by atoms with Crippen LogP contribution in [0.4, 0.5) is 0 Å². The average Bonchev–Trinajstić information content (AvgIpc) is 2.27. The second-order valence-electron chi connectivity index (χ2n) is 4.80. The Balaban J connectivity index is 2.56. The van der Waals surface area contributed by atoms with Gasteiger partial charge in [0.15, 0.2) is 0 Å². The summed E-state index contributed by atoms with van der Waals surface area (Å²) in [6.07, 6.45) is 0. The molecule has 0 aliphatic rings. The molecule has 0 radical (unpaired) electrons. The lowest BCUT2D eigenvalue weighted by atomic mass is 10.2. The molecule has 1 N–H and O–H groups in total. The lowest BCUT2D eigenvalue weighted by Crippen LogP contribution is -2.28. The van der Waals surface area contributed by atoms with Crippen LogP contribution in [0.2, 0.25) is 0 Å². The molecule has 0 spiro atoms. The van der Waals surface area contributed by atoms with Crippen LogP contribution >= 0.6 is 15.9 Å². The zero-order valence-corrected chi connectivity index (χ0v) is 13.8. The van der Waals surface area contributed by atoms with Gasteiger partial charge >= 0.3 is 0 Å². The van der Waals surface area contributed by atoms with E-state index in [9.17, 15) is 8.42 Å². The van der Waals surface area contributed by atoms with Crippen LogP contribution in [0.1, 0.15) is 19.4 Å². The molecule has 108 valence electrons. The fourth-order valence-corrected chi connectivity index (χ4v) is 3.67. The van der Waals surface area contributed by atoms with Crippen molar-refractivity contribution in [3.63, 3.8) is 0 Å². The molecule has 0 atom stereocenters. The predicted octanol–water partition coefficient (Wildman–Crippen LogP) is 2.71. The van der Waals surface area contributed by atoms with Crippen molar-refractivity contribution in [2.24, 2.45) is 5.92 Å². The van der Waals surface area contributed by atoms with Gasteiger partial charge in [-0.15, -0.1) is 0 Å². The molecule has 0 fully saturated rings. The maximum absolute atomic E-state index is 12.1. The number of halogens is 1. The molecule has 0 aliphatic carbocycles. The fourth-order valence-electron chi connectivity index (χ4n) is 1.47. The molecule has 0 saturated heterocycles. The summed E-state index contributed by atoms with van der Waals surface area (Å²) in [6.45, 7) is 7.29. The SMILES string of the molecule is Cc1ccc(S(=O)(=O)NCCOCC(C)C)c(Br)c1. The second kappa shape index (κ2) is 7.38. The van der Waals surface area contributed by atoms with Gasteiger partial charge in [-0.25, -0.2) is 13.1 Å². The number of benzene rings is 1. The zero-order chi connectivity index (χ0) is 14.5. The number of hydrogen-bond donors (Lipinski definition) is 1. The summed E-state index contributed by atoms with van der Waals surface area (Å²) in [7, 11) is -3.49. The smallest absolute Gasteiger partial charge is 0.241 e. The minimum absolute atomic E-state index is 0.252. The molecular formula is C13H20BrNO3S. The third-order valence-corrected chi connectivity index (χ3v) is 4.80. The fraction of sp³-hybridized carbons (Fsp3) is 0.538. The van der Waals surface area contributed by atoms with Crippen LogP contribution in [-0.2, 0) is 14.8 Å². The summed E-state index contributed by atoms with van der Waals surface area (Å²) in [5.41, 5.74) is 1.01. The highest BCUT2D eigenvalue weighted by Crippen LogP contribution is 2.22. The summed E-state index contributed by atoms with van der Waals surface area (Å²) in [5.74, 6) is 0.447. The lowest BCUT2D eigenvalue weighted by molar-refractivity contribution is 0.114. The first-order valence-corrected chi connectivity index (χ1v) is 8.44. The topological polar surface area (TPSA) is 55.4 Å². The molecular weight excluding hydrogens is 330 g/mol. The van der Waals surface area contributed by atoms with Crippen LogP contribution < -0.4 is 4.72 Å². The summed E-state index contributed by atoms with van der Waals surface area (Å²) >= 11 is 3.27. The van der Waals surface area contributed by atoms with E-state index in [0.29, 0.717) is 23.6 Å². The lowest BCUT2D eigenvalue weighted by Gasteiger charge is -2.10. The molecule has 1 rings (SSSR count). The number of hydrogen-bond acceptors (Lipinski definition) is 3. The van der Waals surface area contributed by atoms with Crippen molar-refractivity contribution in [3.8, 4) is 0 Å². The van der Waals surface area contributed by atoms with Gasteiger partial charge in [0.25, 0.3) is 0 Å². The number of sulfonamides is 1. The minimum Gasteiger partial charge on any atom is -0.380 e. The molecule has 0 amide bonds. The monoisotopic (exact) mass is 349 g/mol. The van der Waals surface area contributed by atoms with Crippen molar-refractivity contribution in [3.05, 3.63) is 28.2 Å². The normalized spacial score (nSPS) is 12.1. The van der Waals surface area contributed by atoms with Gasteiger partial charge in [-0.05, 0) is 46.5 Å². The highest BCUT2D eigenvalue weighted by molar-refractivity contribution is 9.10. The zero-order valence-electron chi connectivity index (χ0n) is 11.4. The van der Waals surface area contributed by atoms with E-state index in [1.165, 1.54) is 0 Å². The van der Waals surface area contributed by atoms with Crippen LogP contribution in [0.15, 0.2) is 27.6 Å². The summed E-state index contributed by atoms with van der Waals surface area (Å²) in [5, 5.41) is 0. The molecule has 0 heterocycles. The maximum atomic E-state index is 12.1. The molecule has 0 aliphatic heterocycles. The van der Waals surface area contributed by atoms with Crippen LogP contribution in [0.5, 0.6) is 0 Å². The Bertz CT molecular complexity index is 515. The van der Waals surface area contributed by atoms with Crippen molar-refractivity contribution in [1.82, 2.24) is 4.72 Å². The van der Waals surface area contributed by atoms with E-state index in [2.05, 4.69) is 20.7 Å². The highest BCUT2D eigenvalue weighted by Gasteiger charge is 2.16. The number of rotatable bonds is 7. The Labute approximate surface area is 123 Å².